The maximum Gasteiger partial charge on any atom is 0.293 e. The summed E-state index contributed by atoms with van der Waals surface area (Å²) in [5, 5.41) is 0. The van der Waals surface area contributed by atoms with Crippen LogP contribution in [-0.4, -0.2) is 38.0 Å². The molecule has 0 N–H and O–H groups in total. The van der Waals surface area contributed by atoms with Gasteiger partial charge in [0.2, 0.25) is 0 Å². The fourth-order valence-corrected chi connectivity index (χ4v) is 1.83. The van der Waals surface area contributed by atoms with Crippen LogP contribution in [0.25, 0.3) is 0 Å². The molecule has 74 valence electrons. The summed E-state index contributed by atoms with van der Waals surface area (Å²) in [5.74, 6) is 0. The summed E-state index contributed by atoms with van der Waals surface area (Å²) < 4.78 is 15.4. The third-order valence-corrected chi connectivity index (χ3v) is 2.58. The van der Waals surface area contributed by atoms with Gasteiger partial charge in [0, 0.05) is 6.42 Å². The summed E-state index contributed by atoms with van der Waals surface area (Å²) in [7, 11) is 0. The van der Waals surface area contributed by atoms with Gasteiger partial charge in [-0.25, -0.2) is 0 Å². The van der Waals surface area contributed by atoms with Crippen molar-refractivity contribution in [3.8, 4) is 0 Å². The molecule has 2 aliphatic rings. The number of carbonyl (C=O) groups is 1. The molecule has 1 aliphatic carbocycles. The molecule has 0 radical (unpaired) electrons. The van der Waals surface area contributed by atoms with Crippen LogP contribution in [0.15, 0.2) is 0 Å². The molecule has 0 aromatic heterocycles. The molecule has 0 aromatic carbocycles. The second kappa shape index (κ2) is 4.07. The van der Waals surface area contributed by atoms with Gasteiger partial charge in [0.25, 0.3) is 6.47 Å². The number of rotatable bonds is 5. The molecular formula is C9H14O4. The predicted octanol–water partition coefficient (Wildman–Crippen LogP) is 0.496. The summed E-state index contributed by atoms with van der Waals surface area (Å²) in [4.78, 5) is 9.82. The largest absolute Gasteiger partial charge is 0.465 e. The number of carbonyl (C=O) groups excluding carboxylic acids is 1. The zero-order valence-corrected chi connectivity index (χ0v) is 7.48. The number of hydrogen-bond acceptors (Lipinski definition) is 4. The van der Waals surface area contributed by atoms with Gasteiger partial charge in [-0.1, -0.05) is 0 Å². The summed E-state index contributed by atoms with van der Waals surface area (Å²) >= 11 is 0. The third-order valence-electron chi connectivity index (χ3n) is 2.58. The summed E-state index contributed by atoms with van der Waals surface area (Å²) in [6, 6.07) is 0. The highest BCUT2D eigenvalue weighted by molar-refractivity contribution is 5.36. The standard InChI is InChI=1S/C9H14O4/c10-6-11-3-4-12-7-1-2-8-9(5-7)13-8/h6-9H,1-5H2. The quantitative estimate of drug-likeness (QED) is 0.356. The Balaban J connectivity index is 1.56. The Morgan fingerprint density at radius 1 is 1.31 bits per heavy atom. The highest BCUT2D eigenvalue weighted by atomic mass is 16.6. The maximum atomic E-state index is 9.82. The molecule has 4 heteroatoms. The van der Waals surface area contributed by atoms with E-state index in [1.54, 1.807) is 0 Å². The van der Waals surface area contributed by atoms with Crippen molar-refractivity contribution in [2.45, 2.75) is 37.6 Å². The first-order chi connectivity index (χ1) is 6.40. The van der Waals surface area contributed by atoms with E-state index in [9.17, 15) is 4.79 Å². The fraction of sp³-hybridized carbons (Fsp3) is 0.889. The lowest BCUT2D eigenvalue weighted by Gasteiger charge is -2.18. The minimum absolute atomic E-state index is 0.305. The normalized spacial score (nSPS) is 36.5. The first-order valence-electron chi connectivity index (χ1n) is 4.72. The Morgan fingerprint density at radius 2 is 2.23 bits per heavy atom. The van der Waals surface area contributed by atoms with Crippen molar-refractivity contribution in [2.24, 2.45) is 0 Å². The highest BCUT2D eigenvalue weighted by Gasteiger charge is 2.44. The molecule has 1 saturated heterocycles. The average Bonchev–Trinajstić information content (AvgIpc) is 2.90. The molecule has 0 spiro atoms. The summed E-state index contributed by atoms with van der Waals surface area (Å²) in [6.07, 6.45) is 4.47. The minimum atomic E-state index is 0.305. The van der Waals surface area contributed by atoms with Crippen LogP contribution in [0.5, 0.6) is 0 Å². The second-order valence-corrected chi connectivity index (χ2v) is 3.49. The van der Waals surface area contributed by atoms with Crippen molar-refractivity contribution < 1.29 is 19.0 Å². The molecule has 0 bridgehead atoms. The zero-order valence-electron chi connectivity index (χ0n) is 7.48. The van der Waals surface area contributed by atoms with E-state index in [2.05, 4.69) is 4.74 Å². The first-order valence-corrected chi connectivity index (χ1v) is 4.72. The molecule has 0 amide bonds. The Labute approximate surface area is 77.1 Å². The van der Waals surface area contributed by atoms with Crippen molar-refractivity contribution in [1.82, 2.24) is 0 Å². The van der Waals surface area contributed by atoms with Gasteiger partial charge in [-0.2, -0.15) is 0 Å². The molecule has 2 rings (SSSR count). The molecule has 0 aromatic rings. The number of fused-ring (bicyclic) bond motifs is 1. The molecular weight excluding hydrogens is 172 g/mol. The van der Waals surface area contributed by atoms with E-state index in [1.165, 1.54) is 0 Å². The average molecular weight is 186 g/mol. The van der Waals surface area contributed by atoms with Gasteiger partial charge >= 0.3 is 0 Å². The maximum absolute atomic E-state index is 9.82. The van der Waals surface area contributed by atoms with E-state index in [0.717, 1.165) is 19.3 Å². The van der Waals surface area contributed by atoms with Crippen LogP contribution in [0.1, 0.15) is 19.3 Å². The monoisotopic (exact) mass is 186 g/mol. The van der Waals surface area contributed by atoms with Crippen LogP contribution in [0.4, 0.5) is 0 Å². The van der Waals surface area contributed by atoms with E-state index in [4.69, 9.17) is 9.47 Å². The van der Waals surface area contributed by atoms with Crippen molar-refractivity contribution in [3.63, 3.8) is 0 Å². The van der Waals surface area contributed by atoms with Gasteiger partial charge in [-0.3, -0.25) is 4.79 Å². The summed E-state index contributed by atoms with van der Waals surface area (Å²) in [5.41, 5.74) is 0. The van der Waals surface area contributed by atoms with Crippen LogP contribution < -0.4 is 0 Å². The molecule has 2 fully saturated rings. The minimum Gasteiger partial charge on any atom is -0.465 e. The van der Waals surface area contributed by atoms with Crippen molar-refractivity contribution >= 4 is 6.47 Å². The first kappa shape index (κ1) is 8.97. The second-order valence-electron chi connectivity index (χ2n) is 3.49. The predicted molar refractivity (Wildman–Crippen MR) is 44.3 cm³/mol. The van der Waals surface area contributed by atoms with E-state index in [0.29, 0.717) is 38.0 Å². The van der Waals surface area contributed by atoms with Crippen LogP contribution in [0.3, 0.4) is 0 Å². The van der Waals surface area contributed by atoms with E-state index in [1.807, 2.05) is 0 Å². The molecule has 4 nitrogen and oxygen atoms in total. The lowest BCUT2D eigenvalue weighted by Crippen LogP contribution is -2.23. The van der Waals surface area contributed by atoms with E-state index < -0.39 is 0 Å². The van der Waals surface area contributed by atoms with Crippen LogP contribution in [0.2, 0.25) is 0 Å². The molecule has 3 unspecified atom stereocenters. The van der Waals surface area contributed by atoms with E-state index >= 15 is 0 Å². The lowest BCUT2D eigenvalue weighted by atomic mass is 9.98. The van der Waals surface area contributed by atoms with Crippen molar-refractivity contribution in [1.29, 1.82) is 0 Å². The number of hydrogen-bond donors (Lipinski definition) is 0. The van der Waals surface area contributed by atoms with Crippen molar-refractivity contribution in [3.05, 3.63) is 0 Å². The number of ether oxygens (including phenoxy) is 3. The Bertz CT molecular complexity index is 182. The summed E-state index contributed by atoms with van der Waals surface area (Å²) in [6.45, 7) is 1.31. The molecule has 13 heavy (non-hydrogen) atoms. The number of epoxide rings is 1. The highest BCUT2D eigenvalue weighted by Crippen LogP contribution is 2.37. The zero-order chi connectivity index (χ0) is 9.10. The van der Waals surface area contributed by atoms with Gasteiger partial charge in [-0.05, 0) is 12.8 Å². The molecule has 1 heterocycles. The molecule has 1 saturated carbocycles. The van der Waals surface area contributed by atoms with Gasteiger partial charge < -0.3 is 14.2 Å². The third kappa shape index (κ3) is 2.42. The Kier molecular flexibility index (Phi) is 2.80. The van der Waals surface area contributed by atoms with Crippen LogP contribution >= 0.6 is 0 Å². The van der Waals surface area contributed by atoms with Gasteiger partial charge in [0.15, 0.2) is 0 Å². The van der Waals surface area contributed by atoms with Crippen LogP contribution in [0, 0.1) is 0 Å². The topological polar surface area (TPSA) is 48.1 Å². The lowest BCUT2D eigenvalue weighted by molar-refractivity contribution is -0.131. The Hall–Kier alpha value is -0.610. The molecule has 3 atom stereocenters. The van der Waals surface area contributed by atoms with Gasteiger partial charge in [-0.15, -0.1) is 0 Å². The molecule has 1 aliphatic heterocycles. The van der Waals surface area contributed by atoms with Gasteiger partial charge in [0.1, 0.15) is 6.61 Å². The smallest absolute Gasteiger partial charge is 0.293 e. The fourth-order valence-electron chi connectivity index (χ4n) is 1.83. The SMILES string of the molecule is O=COCCOC1CCC2OC2C1. The van der Waals surface area contributed by atoms with Gasteiger partial charge in [0.05, 0.1) is 24.9 Å². The van der Waals surface area contributed by atoms with E-state index in [-0.39, 0.29) is 0 Å². The van der Waals surface area contributed by atoms with Crippen LogP contribution in [-0.2, 0) is 19.0 Å². The van der Waals surface area contributed by atoms with Crippen molar-refractivity contribution in [2.75, 3.05) is 13.2 Å². The Morgan fingerprint density at radius 3 is 3.00 bits per heavy atom.